The molecule has 0 spiro atoms. The fraction of sp³-hybridized carbons (Fsp3) is 0.562. The van der Waals surface area contributed by atoms with Crippen LogP contribution in [-0.4, -0.2) is 9.55 Å². The van der Waals surface area contributed by atoms with Crippen LogP contribution in [0, 0.1) is 17.8 Å². The minimum atomic E-state index is 0.411. The predicted molar refractivity (Wildman–Crippen MR) is 87.5 cm³/mol. The second kappa shape index (κ2) is 6.36. The van der Waals surface area contributed by atoms with Gasteiger partial charge < -0.3 is 4.57 Å². The maximum absolute atomic E-state index is 6.24. The number of hydrogen-bond donors (Lipinski definition) is 0. The van der Waals surface area contributed by atoms with Gasteiger partial charge in [-0.3, -0.25) is 0 Å². The third-order valence-corrected chi connectivity index (χ3v) is 4.58. The molecule has 1 aromatic carbocycles. The highest BCUT2D eigenvalue weighted by molar-refractivity contribution is 6.35. The summed E-state index contributed by atoms with van der Waals surface area (Å²) in [5.41, 5.74) is 1.94. The highest BCUT2D eigenvalue weighted by Crippen LogP contribution is 2.29. The largest absolute Gasteiger partial charge is 0.327 e. The summed E-state index contributed by atoms with van der Waals surface area (Å²) < 4.78 is 2.24. The van der Waals surface area contributed by atoms with Gasteiger partial charge in [0.15, 0.2) is 0 Å². The first-order chi connectivity index (χ1) is 9.45. The Labute approximate surface area is 131 Å². The van der Waals surface area contributed by atoms with Crippen molar-refractivity contribution in [1.82, 2.24) is 9.55 Å². The smallest absolute Gasteiger partial charge is 0.124 e. The molecule has 0 unspecified atom stereocenters. The Morgan fingerprint density at radius 3 is 2.35 bits per heavy atom. The molecule has 2 rings (SSSR count). The van der Waals surface area contributed by atoms with Crippen LogP contribution in [0.5, 0.6) is 0 Å². The number of imidazole rings is 1. The highest BCUT2D eigenvalue weighted by atomic mass is 35.5. The van der Waals surface area contributed by atoms with E-state index in [1.165, 1.54) is 0 Å². The molecule has 0 aliphatic carbocycles. The summed E-state index contributed by atoms with van der Waals surface area (Å²) in [6.45, 7) is 10.0. The number of aromatic nitrogens is 2. The highest BCUT2D eigenvalue weighted by Gasteiger charge is 2.21. The van der Waals surface area contributed by atoms with Gasteiger partial charge in [-0.25, -0.2) is 4.98 Å². The molecule has 0 N–H and O–H groups in total. The first kappa shape index (κ1) is 15.7. The maximum Gasteiger partial charge on any atom is 0.124 e. The van der Waals surface area contributed by atoms with Crippen LogP contribution in [0.25, 0.3) is 11.0 Å². The third kappa shape index (κ3) is 2.96. The van der Waals surface area contributed by atoms with Crippen molar-refractivity contribution in [3.05, 3.63) is 29.0 Å². The molecule has 2 aromatic rings. The molecular formula is C16H22Cl2N2. The molecule has 20 heavy (non-hydrogen) atoms. The lowest BCUT2D eigenvalue weighted by atomic mass is 9.85. The molecule has 0 saturated carbocycles. The Morgan fingerprint density at radius 1 is 1.15 bits per heavy atom. The Morgan fingerprint density at radius 2 is 1.80 bits per heavy atom. The number of alkyl halides is 1. The fourth-order valence-electron chi connectivity index (χ4n) is 2.87. The van der Waals surface area contributed by atoms with Crippen LogP contribution in [0.15, 0.2) is 18.2 Å². The lowest BCUT2D eigenvalue weighted by Gasteiger charge is -2.26. The van der Waals surface area contributed by atoms with E-state index in [0.717, 1.165) is 23.4 Å². The minimum absolute atomic E-state index is 0.411. The third-order valence-electron chi connectivity index (χ3n) is 4.03. The summed E-state index contributed by atoms with van der Waals surface area (Å²) in [7, 11) is 0. The fourth-order valence-corrected chi connectivity index (χ4v) is 3.28. The first-order valence-electron chi connectivity index (χ1n) is 7.15. The van der Waals surface area contributed by atoms with Gasteiger partial charge in [0.1, 0.15) is 11.3 Å². The van der Waals surface area contributed by atoms with E-state index in [0.29, 0.717) is 28.7 Å². The first-order valence-corrected chi connectivity index (χ1v) is 8.06. The number of fused-ring (bicyclic) bond motifs is 1. The standard InChI is InChI=1S/C16H22Cl2N2/c1-10(2)12(11(3)4)9-20-14-7-5-6-13(18)16(14)19-15(20)8-17/h5-7,10-12H,8-9H2,1-4H3. The zero-order valence-corrected chi connectivity index (χ0v) is 14.0. The zero-order chi connectivity index (χ0) is 14.9. The summed E-state index contributed by atoms with van der Waals surface area (Å²) >= 11 is 12.3. The van der Waals surface area contributed by atoms with Crippen molar-refractivity contribution < 1.29 is 0 Å². The molecule has 0 amide bonds. The van der Waals surface area contributed by atoms with Gasteiger partial charge in [-0.05, 0) is 29.9 Å². The van der Waals surface area contributed by atoms with Crippen LogP contribution >= 0.6 is 23.2 Å². The van der Waals surface area contributed by atoms with Crippen molar-refractivity contribution in [3.8, 4) is 0 Å². The lowest BCUT2D eigenvalue weighted by molar-refractivity contribution is 0.252. The summed E-state index contributed by atoms with van der Waals surface area (Å²) in [5, 5.41) is 0.693. The summed E-state index contributed by atoms with van der Waals surface area (Å²) in [6, 6.07) is 5.92. The van der Waals surface area contributed by atoms with Gasteiger partial charge in [0, 0.05) is 6.54 Å². The Hall–Kier alpha value is -0.730. The average molecular weight is 313 g/mol. The molecule has 0 aliphatic heterocycles. The molecular weight excluding hydrogens is 291 g/mol. The minimum Gasteiger partial charge on any atom is -0.327 e. The van der Waals surface area contributed by atoms with Gasteiger partial charge in [-0.1, -0.05) is 45.4 Å². The van der Waals surface area contributed by atoms with Crippen molar-refractivity contribution in [1.29, 1.82) is 0 Å². The molecule has 0 radical (unpaired) electrons. The van der Waals surface area contributed by atoms with E-state index < -0.39 is 0 Å². The summed E-state index contributed by atoms with van der Waals surface area (Å²) in [4.78, 5) is 4.60. The molecule has 4 heteroatoms. The van der Waals surface area contributed by atoms with Crippen LogP contribution in [0.4, 0.5) is 0 Å². The van der Waals surface area contributed by atoms with E-state index in [4.69, 9.17) is 23.2 Å². The van der Waals surface area contributed by atoms with Gasteiger partial charge in [0.25, 0.3) is 0 Å². The quantitative estimate of drug-likeness (QED) is 0.680. The molecule has 1 aromatic heterocycles. The van der Waals surface area contributed by atoms with Gasteiger partial charge in [0.2, 0.25) is 0 Å². The molecule has 0 bridgehead atoms. The number of halogens is 2. The second-order valence-corrected chi connectivity index (χ2v) is 6.71. The van der Waals surface area contributed by atoms with Crippen molar-refractivity contribution in [2.75, 3.05) is 0 Å². The maximum atomic E-state index is 6.24. The molecule has 1 heterocycles. The van der Waals surface area contributed by atoms with Gasteiger partial charge in [0.05, 0.1) is 16.4 Å². The molecule has 2 nitrogen and oxygen atoms in total. The SMILES string of the molecule is CC(C)C(Cn1c(CCl)nc2c(Cl)cccc21)C(C)C. The van der Waals surface area contributed by atoms with E-state index in [9.17, 15) is 0 Å². The monoisotopic (exact) mass is 312 g/mol. The summed E-state index contributed by atoms with van der Waals surface area (Å²) in [6.07, 6.45) is 0. The number of rotatable bonds is 5. The number of nitrogens with zero attached hydrogens (tertiary/aromatic N) is 2. The Balaban J connectivity index is 2.49. The van der Waals surface area contributed by atoms with Crippen LogP contribution in [0.1, 0.15) is 33.5 Å². The van der Waals surface area contributed by atoms with E-state index in [1.54, 1.807) is 0 Å². The topological polar surface area (TPSA) is 17.8 Å². The second-order valence-electron chi connectivity index (χ2n) is 6.03. The molecule has 0 saturated heterocycles. The van der Waals surface area contributed by atoms with E-state index in [2.05, 4.69) is 43.3 Å². The Kier molecular flexibility index (Phi) is 4.98. The summed E-state index contributed by atoms with van der Waals surface area (Å²) in [5.74, 6) is 3.15. The number of para-hydroxylation sites is 1. The lowest BCUT2D eigenvalue weighted by Crippen LogP contribution is -2.22. The molecule has 0 atom stereocenters. The van der Waals surface area contributed by atoms with Crippen LogP contribution in [-0.2, 0) is 12.4 Å². The van der Waals surface area contributed by atoms with Gasteiger partial charge >= 0.3 is 0 Å². The van der Waals surface area contributed by atoms with Crippen LogP contribution in [0.2, 0.25) is 5.02 Å². The van der Waals surface area contributed by atoms with Crippen LogP contribution < -0.4 is 0 Å². The molecule has 0 aliphatic rings. The number of benzene rings is 1. The normalized spacial score (nSPS) is 12.2. The zero-order valence-electron chi connectivity index (χ0n) is 12.5. The van der Waals surface area contributed by atoms with E-state index >= 15 is 0 Å². The van der Waals surface area contributed by atoms with Crippen LogP contribution in [0.3, 0.4) is 0 Å². The van der Waals surface area contributed by atoms with Crippen molar-refractivity contribution in [3.63, 3.8) is 0 Å². The molecule has 110 valence electrons. The predicted octanol–water partition coefficient (Wildman–Crippen LogP) is 5.36. The van der Waals surface area contributed by atoms with E-state index in [-0.39, 0.29) is 0 Å². The molecule has 0 fully saturated rings. The van der Waals surface area contributed by atoms with Gasteiger partial charge in [-0.15, -0.1) is 11.6 Å². The van der Waals surface area contributed by atoms with Crippen molar-refractivity contribution >= 4 is 34.2 Å². The number of hydrogen-bond acceptors (Lipinski definition) is 1. The van der Waals surface area contributed by atoms with Crippen molar-refractivity contribution in [2.24, 2.45) is 17.8 Å². The Bertz CT molecular complexity index is 579. The van der Waals surface area contributed by atoms with Gasteiger partial charge in [-0.2, -0.15) is 0 Å². The van der Waals surface area contributed by atoms with E-state index in [1.807, 2.05) is 12.1 Å². The average Bonchev–Trinajstić information content (AvgIpc) is 2.74. The van der Waals surface area contributed by atoms with Crippen molar-refractivity contribution in [2.45, 2.75) is 40.1 Å².